The topological polar surface area (TPSA) is 64.1 Å². The summed E-state index contributed by atoms with van der Waals surface area (Å²) in [4.78, 5) is 12.9. The highest BCUT2D eigenvalue weighted by Gasteiger charge is 2.44. The summed E-state index contributed by atoms with van der Waals surface area (Å²) in [5.74, 6) is 0.451. The van der Waals surface area contributed by atoms with Crippen molar-refractivity contribution in [3.8, 4) is 17.1 Å². The number of hydrogen-bond donors (Lipinski definition) is 1. The third kappa shape index (κ3) is 4.62. The van der Waals surface area contributed by atoms with Gasteiger partial charge in [-0.3, -0.25) is 4.79 Å². The van der Waals surface area contributed by atoms with Gasteiger partial charge in [-0.2, -0.15) is 0 Å². The normalized spacial score (nSPS) is 14.3. The molecule has 2 aromatic carbocycles. The highest BCUT2D eigenvalue weighted by molar-refractivity contribution is 5.96. The third-order valence-electron chi connectivity index (χ3n) is 5.25. The number of aromatic nitrogens is 2. The Labute approximate surface area is 171 Å². The Morgan fingerprint density at radius 1 is 1.07 bits per heavy atom. The van der Waals surface area contributed by atoms with Crippen LogP contribution in [0, 0.1) is 6.92 Å². The van der Waals surface area contributed by atoms with Crippen LogP contribution in [0.4, 0.5) is 0 Å². The van der Waals surface area contributed by atoms with Crippen molar-refractivity contribution >= 4 is 5.91 Å². The molecule has 5 nitrogen and oxygen atoms in total. The Hall–Kier alpha value is -3.21. The van der Waals surface area contributed by atoms with Gasteiger partial charge in [0.2, 0.25) is 5.88 Å². The summed E-state index contributed by atoms with van der Waals surface area (Å²) in [6, 6.07) is 19.7. The zero-order valence-electron chi connectivity index (χ0n) is 16.8. The van der Waals surface area contributed by atoms with Gasteiger partial charge in [-0.1, -0.05) is 42.0 Å². The zero-order chi connectivity index (χ0) is 20.3. The molecule has 1 amide bonds. The lowest BCUT2D eigenvalue weighted by Gasteiger charge is -2.18. The molecule has 1 fully saturated rings. The molecule has 29 heavy (non-hydrogen) atoms. The fourth-order valence-electron chi connectivity index (χ4n) is 3.43. The highest BCUT2D eigenvalue weighted by Crippen LogP contribution is 2.39. The Morgan fingerprint density at radius 3 is 2.52 bits per heavy atom. The van der Waals surface area contributed by atoms with Crippen molar-refractivity contribution in [2.24, 2.45) is 0 Å². The van der Waals surface area contributed by atoms with E-state index in [-0.39, 0.29) is 11.4 Å². The second kappa shape index (κ2) is 8.03. The minimum Gasteiger partial charge on any atom is -0.477 e. The van der Waals surface area contributed by atoms with E-state index >= 15 is 0 Å². The summed E-state index contributed by atoms with van der Waals surface area (Å²) < 4.78 is 5.34. The average molecular weight is 387 g/mol. The summed E-state index contributed by atoms with van der Waals surface area (Å²) in [6.45, 7) is 4.54. The van der Waals surface area contributed by atoms with E-state index < -0.39 is 0 Å². The number of nitrogens with one attached hydrogen (secondary N) is 1. The predicted molar refractivity (Wildman–Crippen MR) is 113 cm³/mol. The number of amides is 1. The van der Waals surface area contributed by atoms with E-state index in [2.05, 4.69) is 46.7 Å². The van der Waals surface area contributed by atoms with Crippen molar-refractivity contribution in [2.75, 3.05) is 6.61 Å². The van der Waals surface area contributed by atoms with Crippen LogP contribution in [0.3, 0.4) is 0 Å². The first-order chi connectivity index (χ1) is 14.1. The van der Waals surface area contributed by atoms with Gasteiger partial charge < -0.3 is 10.1 Å². The molecule has 1 aliphatic rings. The Balaban J connectivity index is 1.46. The first-order valence-electron chi connectivity index (χ1n) is 10.0. The number of benzene rings is 2. The quantitative estimate of drug-likeness (QED) is 0.654. The lowest BCUT2D eigenvalue weighted by atomic mass is 10.0. The van der Waals surface area contributed by atoms with Gasteiger partial charge in [-0.25, -0.2) is 0 Å². The van der Waals surface area contributed by atoms with Crippen molar-refractivity contribution < 1.29 is 9.53 Å². The first-order valence-corrected chi connectivity index (χ1v) is 10.0. The van der Waals surface area contributed by atoms with Crippen LogP contribution in [0.25, 0.3) is 11.3 Å². The van der Waals surface area contributed by atoms with Crippen molar-refractivity contribution in [1.29, 1.82) is 0 Å². The van der Waals surface area contributed by atoms with E-state index in [1.165, 1.54) is 11.1 Å². The summed E-state index contributed by atoms with van der Waals surface area (Å²) in [7, 11) is 0. The summed E-state index contributed by atoms with van der Waals surface area (Å²) in [6.07, 6.45) is 2.89. The molecule has 3 aromatic rings. The molecule has 4 rings (SSSR count). The summed E-state index contributed by atoms with van der Waals surface area (Å²) >= 11 is 0. The third-order valence-corrected chi connectivity index (χ3v) is 5.25. The molecule has 0 aliphatic heterocycles. The SMILES string of the molecule is CCOc1ccc(-c2cccc(C(=O)NC3(Cc4ccc(C)cc4)CC3)c2)nn1. The van der Waals surface area contributed by atoms with Gasteiger partial charge >= 0.3 is 0 Å². The highest BCUT2D eigenvalue weighted by atomic mass is 16.5. The number of nitrogens with zero attached hydrogens (tertiary/aromatic N) is 2. The fraction of sp³-hybridized carbons (Fsp3) is 0.292. The molecule has 1 saturated carbocycles. The molecule has 5 heteroatoms. The maximum absolute atomic E-state index is 12.9. The van der Waals surface area contributed by atoms with Gasteiger partial charge in [0.05, 0.1) is 12.3 Å². The summed E-state index contributed by atoms with van der Waals surface area (Å²) in [5.41, 5.74) is 4.58. The molecule has 1 heterocycles. The van der Waals surface area contributed by atoms with Gasteiger partial charge in [0.25, 0.3) is 5.91 Å². The number of rotatable bonds is 7. The van der Waals surface area contributed by atoms with Crippen LogP contribution < -0.4 is 10.1 Å². The van der Waals surface area contributed by atoms with Crippen LogP contribution in [-0.4, -0.2) is 28.3 Å². The Bertz CT molecular complexity index is 993. The van der Waals surface area contributed by atoms with E-state index in [0.29, 0.717) is 23.7 Å². The van der Waals surface area contributed by atoms with E-state index in [4.69, 9.17) is 4.74 Å². The van der Waals surface area contributed by atoms with E-state index in [0.717, 1.165) is 24.8 Å². The van der Waals surface area contributed by atoms with Gasteiger partial charge in [-0.05, 0) is 56.9 Å². The molecule has 1 aliphatic carbocycles. The van der Waals surface area contributed by atoms with Gasteiger partial charge in [-0.15, -0.1) is 10.2 Å². The Kier molecular flexibility index (Phi) is 5.30. The van der Waals surface area contributed by atoms with Crippen LogP contribution in [-0.2, 0) is 6.42 Å². The van der Waals surface area contributed by atoms with Crippen LogP contribution in [0.15, 0.2) is 60.7 Å². The average Bonchev–Trinajstić information content (AvgIpc) is 3.49. The molecule has 0 radical (unpaired) electrons. The molecule has 0 unspecified atom stereocenters. The van der Waals surface area contributed by atoms with Gasteiger partial charge in [0.1, 0.15) is 0 Å². The number of carbonyl (C=O) groups excluding carboxylic acids is 1. The lowest BCUT2D eigenvalue weighted by molar-refractivity contribution is 0.0931. The smallest absolute Gasteiger partial charge is 0.251 e. The first kappa shape index (κ1) is 19.1. The molecule has 148 valence electrons. The number of carbonyl (C=O) groups is 1. The largest absolute Gasteiger partial charge is 0.477 e. The molecular formula is C24H25N3O2. The van der Waals surface area contributed by atoms with E-state index in [1.807, 2.05) is 37.3 Å². The molecule has 0 saturated heterocycles. The monoisotopic (exact) mass is 387 g/mol. The Morgan fingerprint density at radius 2 is 1.86 bits per heavy atom. The molecule has 1 N–H and O–H groups in total. The molecular weight excluding hydrogens is 362 g/mol. The summed E-state index contributed by atoms with van der Waals surface area (Å²) in [5, 5.41) is 11.5. The second-order valence-corrected chi connectivity index (χ2v) is 7.67. The fourth-order valence-corrected chi connectivity index (χ4v) is 3.43. The van der Waals surface area contributed by atoms with Crippen LogP contribution in [0.1, 0.15) is 41.3 Å². The van der Waals surface area contributed by atoms with Crippen molar-refractivity contribution in [2.45, 2.75) is 38.6 Å². The standard InChI is InChI=1S/C24H25N3O2/c1-3-29-22-12-11-21(26-27-22)19-5-4-6-20(15-19)23(28)25-24(13-14-24)16-18-9-7-17(2)8-10-18/h4-12,15H,3,13-14,16H2,1-2H3,(H,25,28). The lowest BCUT2D eigenvalue weighted by Crippen LogP contribution is -2.38. The molecule has 0 bridgehead atoms. The number of aryl methyl sites for hydroxylation is 1. The maximum Gasteiger partial charge on any atom is 0.251 e. The van der Waals surface area contributed by atoms with Gasteiger partial charge in [0.15, 0.2) is 0 Å². The number of ether oxygens (including phenoxy) is 1. The van der Waals surface area contributed by atoms with Gasteiger partial charge in [0, 0.05) is 22.7 Å². The van der Waals surface area contributed by atoms with E-state index in [1.54, 1.807) is 6.07 Å². The van der Waals surface area contributed by atoms with Crippen molar-refractivity contribution in [3.05, 3.63) is 77.4 Å². The number of hydrogen-bond acceptors (Lipinski definition) is 4. The molecule has 0 atom stereocenters. The van der Waals surface area contributed by atoms with E-state index in [9.17, 15) is 4.79 Å². The zero-order valence-corrected chi connectivity index (χ0v) is 16.8. The minimum absolute atomic E-state index is 0.0460. The van der Waals surface area contributed by atoms with Crippen LogP contribution in [0.2, 0.25) is 0 Å². The molecule has 1 aromatic heterocycles. The minimum atomic E-state index is -0.124. The predicted octanol–water partition coefficient (Wildman–Crippen LogP) is 4.36. The second-order valence-electron chi connectivity index (χ2n) is 7.67. The van der Waals surface area contributed by atoms with Crippen molar-refractivity contribution in [3.63, 3.8) is 0 Å². The van der Waals surface area contributed by atoms with Crippen LogP contribution >= 0.6 is 0 Å². The molecule has 0 spiro atoms. The maximum atomic E-state index is 12.9. The van der Waals surface area contributed by atoms with Crippen molar-refractivity contribution in [1.82, 2.24) is 15.5 Å². The van der Waals surface area contributed by atoms with Crippen LogP contribution in [0.5, 0.6) is 5.88 Å².